The molecule has 0 spiro atoms. The fourth-order valence-corrected chi connectivity index (χ4v) is 4.89. The van der Waals surface area contributed by atoms with Gasteiger partial charge in [0.25, 0.3) is 0 Å². The van der Waals surface area contributed by atoms with Crippen molar-refractivity contribution in [3.05, 3.63) is 0 Å². The van der Waals surface area contributed by atoms with Gasteiger partial charge in [-0.25, -0.2) is 0 Å². The SMILES string of the molecule is CCOP(=O)([O-])CP(=O)(OCC)OCC.[Li+]. The molecule has 0 heterocycles. The van der Waals surface area contributed by atoms with Crippen molar-refractivity contribution < 1.29 is 46.5 Å². The quantitative estimate of drug-likeness (QED) is 0.405. The van der Waals surface area contributed by atoms with Gasteiger partial charge in [0.05, 0.1) is 19.8 Å². The van der Waals surface area contributed by atoms with Gasteiger partial charge in [0.1, 0.15) is 13.5 Å². The molecule has 0 rings (SSSR count). The number of hydrogen-bond acceptors (Lipinski definition) is 6. The Morgan fingerprint density at radius 1 is 0.938 bits per heavy atom. The molecule has 0 aliphatic heterocycles. The maximum Gasteiger partial charge on any atom is 1.00 e. The third kappa shape index (κ3) is 8.06. The van der Waals surface area contributed by atoms with Gasteiger partial charge in [0.15, 0.2) is 0 Å². The average molecular weight is 266 g/mol. The van der Waals surface area contributed by atoms with Crippen molar-refractivity contribution in [2.75, 3.05) is 25.7 Å². The van der Waals surface area contributed by atoms with Gasteiger partial charge >= 0.3 is 26.5 Å². The third-order valence-electron chi connectivity index (χ3n) is 1.32. The van der Waals surface area contributed by atoms with Gasteiger partial charge in [-0.05, 0) is 20.8 Å². The number of hydrogen-bond donors (Lipinski definition) is 0. The molecular weight excluding hydrogens is 249 g/mol. The third-order valence-corrected chi connectivity index (χ3v) is 6.05. The summed E-state index contributed by atoms with van der Waals surface area (Å²) in [5.74, 6) is -0.713. The van der Waals surface area contributed by atoms with Crippen molar-refractivity contribution in [1.82, 2.24) is 0 Å². The zero-order chi connectivity index (χ0) is 11.9. The van der Waals surface area contributed by atoms with E-state index in [4.69, 9.17) is 9.05 Å². The van der Waals surface area contributed by atoms with Crippen LogP contribution in [0.1, 0.15) is 20.8 Å². The normalized spacial score (nSPS) is 15.2. The van der Waals surface area contributed by atoms with Gasteiger partial charge in [0.2, 0.25) is 0 Å². The van der Waals surface area contributed by atoms with Crippen LogP contribution in [-0.2, 0) is 22.7 Å². The maximum atomic E-state index is 11.8. The van der Waals surface area contributed by atoms with Crippen LogP contribution in [0.4, 0.5) is 0 Å². The summed E-state index contributed by atoms with van der Waals surface area (Å²) >= 11 is 0. The molecule has 0 aromatic rings. The molecule has 0 saturated carbocycles. The van der Waals surface area contributed by atoms with E-state index in [0.29, 0.717) is 0 Å². The second kappa shape index (κ2) is 8.91. The first-order valence-corrected chi connectivity index (χ1v) is 8.17. The molecule has 0 amide bonds. The molecule has 0 aliphatic rings. The van der Waals surface area contributed by atoms with E-state index in [1.807, 2.05) is 0 Å². The summed E-state index contributed by atoms with van der Waals surface area (Å²) in [5.41, 5.74) is 0. The molecule has 1 unspecified atom stereocenters. The second-order valence-corrected chi connectivity index (χ2v) is 6.97. The molecule has 0 fully saturated rings. The molecule has 0 aromatic carbocycles. The molecule has 0 saturated heterocycles. The molecule has 0 N–H and O–H groups in total. The first-order valence-electron chi connectivity index (χ1n) is 4.72. The average Bonchev–Trinajstić information content (AvgIpc) is 2.02. The first-order chi connectivity index (χ1) is 6.89. The largest absolute Gasteiger partial charge is 1.00 e. The van der Waals surface area contributed by atoms with Crippen molar-refractivity contribution >= 4 is 15.2 Å². The summed E-state index contributed by atoms with van der Waals surface area (Å²) in [4.78, 5) is 11.3. The molecule has 16 heavy (non-hydrogen) atoms. The van der Waals surface area contributed by atoms with E-state index in [0.717, 1.165) is 0 Å². The van der Waals surface area contributed by atoms with Crippen LogP contribution in [0.3, 0.4) is 0 Å². The van der Waals surface area contributed by atoms with Gasteiger partial charge in [-0.2, -0.15) is 0 Å². The van der Waals surface area contributed by atoms with Crippen molar-refractivity contribution in [1.29, 1.82) is 0 Å². The van der Waals surface area contributed by atoms with Crippen LogP contribution in [0.15, 0.2) is 0 Å². The van der Waals surface area contributed by atoms with Crippen LogP contribution >= 0.6 is 15.2 Å². The Morgan fingerprint density at radius 3 is 1.62 bits per heavy atom. The molecule has 0 aromatic heterocycles. The molecule has 1 atom stereocenters. The minimum absolute atomic E-state index is 0. The molecular formula is C7H17LiO6P2. The van der Waals surface area contributed by atoms with E-state index in [9.17, 15) is 14.0 Å². The van der Waals surface area contributed by atoms with E-state index >= 15 is 0 Å². The monoisotopic (exact) mass is 266 g/mol. The summed E-state index contributed by atoms with van der Waals surface area (Å²) in [6, 6.07) is 0. The summed E-state index contributed by atoms with van der Waals surface area (Å²) in [5, 5.41) is 0. The number of rotatable bonds is 8. The van der Waals surface area contributed by atoms with E-state index in [-0.39, 0.29) is 38.7 Å². The molecule has 0 aliphatic carbocycles. The van der Waals surface area contributed by atoms with Crippen LogP contribution in [0.5, 0.6) is 0 Å². The Labute approximate surface area is 108 Å². The zero-order valence-electron chi connectivity index (χ0n) is 10.2. The predicted octanol–water partition coefficient (Wildman–Crippen LogP) is -1.20. The molecule has 0 radical (unpaired) electrons. The van der Waals surface area contributed by atoms with Gasteiger partial charge in [-0.1, -0.05) is 0 Å². The first kappa shape index (κ1) is 19.2. The summed E-state index contributed by atoms with van der Waals surface area (Å²) < 4.78 is 37.2. The smallest absolute Gasteiger partial charge is 0.778 e. The molecule has 9 heteroatoms. The van der Waals surface area contributed by atoms with Crippen molar-refractivity contribution in [3.8, 4) is 0 Å². The van der Waals surface area contributed by atoms with Gasteiger partial charge in [-0.15, -0.1) is 0 Å². The Balaban J connectivity index is 0. The molecule has 92 valence electrons. The van der Waals surface area contributed by atoms with Crippen LogP contribution in [0.25, 0.3) is 0 Å². The van der Waals surface area contributed by atoms with E-state index in [1.54, 1.807) is 13.8 Å². The molecule has 6 nitrogen and oxygen atoms in total. The van der Waals surface area contributed by atoms with Crippen molar-refractivity contribution in [2.45, 2.75) is 20.8 Å². The van der Waals surface area contributed by atoms with Crippen molar-refractivity contribution in [2.24, 2.45) is 0 Å². The van der Waals surface area contributed by atoms with E-state index in [2.05, 4.69) is 4.52 Å². The maximum absolute atomic E-state index is 11.8. The predicted molar refractivity (Wildman–Crippen MR) is 55.0 cm³/mol. The minimum Gasteiger partial charge on any atom is -0.778 e. The standard InChI is InChI=1S/C7H18O6P2.Li/c1-4-11-14(8,9)7-15(10,12-5-2)13-6-3;/h4-7H2,1-3H3,(H,8,9);/q;+1/p-1. The Bertz CT molecular complexity index is 262. The van der Waals surface area contributed by atoms with Crippen LogP contribution in [0.2, 0.25) is 0 Å². The fourth-order valence-electron chi connectivity index (χ4n) is 0.962. The van der Waals surface area contributed by atoms with Crippen LogP contribution < -0.4 is 23.8 Å². The second-order valence-electron chi connectivity index (χ2n) is 2.62. The van der Waals surface area contributed by atoms with Crippen LogP contribution in [-0.4, -0.2) is 25.7 Å². The minimum atomic E-state index is -4.14. The Morgan fingerprint density at radius 2 is 1.31 bits per heavy atom. The zero-order valence-corrected chi connectivity index (χ0v) is 12.0. The topological polar surface area (TPSA) is 84.9 Å². The summed E-state index contributed by atoms with van der Waals surface area (Å²) in [6.07, 6.45) is 0. The Kier molecular flexibility index (Phi) is 10.7. The fraction of sp³-hybridized carbons (Fsp3) is 1.00. The van der Waals surface area contributed by atoms with E-state index in [1.165, 1.54) is 6.92 Å². The van der Waals surface area contributed by atoms with Gasteiger partial charge < -0.3 is 23.0 Å². The van der Waals surface area contributed by atoms with Crippen molar-refractivity contribution in [3.63, 3.8) is 0 Å². The summed E-state index contributed by atoms with van der Waals surface area (Å²) in [7, 11) is -7.71. The van der Waals surface area contributed by atoms with E-state index < -0.39 is 21.1 Å². The summed E-state index contributed by atoms with van der Waals surface area (Å²) in [6.45, 7) is 5.03. The Hall–Kier alpha value is 0.897. The van der Waals surface area contributed by atoms with Crippen LogP contribution in [0, 0.1) is 0 Å². The van der Waals surface area contributed by atoms with Gasteiger partial charge in [-0.3, -0.25) is 4.57 Å². The van der Waals surface area contributed by atoms with Gasteiger partial charge in [0, 0.05) is 0 Å². The molecule has 0 bridgehead atoms.